The van der Waals surface area contributed by atoms with Crippen LogP contribution in [0.5, 0.6) is 5.75 Å². The van der Waals surface area contributed by atoms with Gasteiger partial charge in [-0.3, -0.25) is 4.79 Å². The van der Waals surface area contributed by atoms with Crippen LogP contribution in [0.1, 0.15) is 0 Å². The Morgan fingerprint density at radius 2 is 2.21 bits per heavy atom. The van der Waals surface area contributed by atoms with E-state index in [1.807, 2.05) is 0 Å². The molecule has 1 amide bonds. The van der Waals surface area contributed by atoms with E-state index in [-0.39, 0.29) is 23.7 Å². The van der Waals surface area contributed by atoms with Crippen molar-refractivity contribution in [2.45, 2.75) is 0 Å². The maximum absolute atomic E-state index is 12.5. The average Bonchev–Trinajstić information content (AvgIpc) is 2.53. The molecule has 2 heterocycles. The lowest BCUT2D eigenvalue weighted by molar-refractivity contribution is -0.112. The predicted octanol–water partition coefficient (Wildman–Crippen LogP) is 1.78. The van der Waals surface area contributed by atoms with Crippen LogP contribution in [-0.2, 0) is 14.8 Å². The van der Waals surface area contributed by atoms with E-state index >= 15 is 0 Å². The number of halogens is 1. The zero-order valence-corrected chi connectivity index (χ0v) is 14.3. The Kier molecular flexibility index (Phi) is 4.33. The van der Waals surface area contributed by atoms with Crippen molar-refractivity contribution in [2.24, 2.45) is 4.40 Å². The number of hydrogen-bond acceptors (Lipinski definition) is 5. The van der Waals surface area contributed by atoms with Crippen LogP contribution in [0.4, 0.5) is 5.69 Å². The third-order valence-electron chi connectivity index (χ3n) is 3.51. The lowest BCUT2D eigenvalue weighted by Crippen LogP contribution is -2.40. The minimum Gasteiger partial charge on any atom is -0.495 e. The highest BCUT2D eigenvalue weighted by Crippen LogP contribution is 2.28. The van der Waals surface area contributed by atoms with E-state index in [0.29, 0.717) is 16.5 Å². The second-order valence-electron chi connectivity index (χ2n) is 5.12. The molecule has 0 radical (unpaired) electrons. The molecule has 0 bridgehead atoms. The van der Waals surface area contributed by atoms with E-state index in [2.05, 4.69) is 9.71 Å². The standard InChI is InChI=1S/C15H14ClN3O4S/c1-23-13-5-4-10(9-12(13)16)17-15(20)11-3-2-6-19-7-8-24(21,22)18-14(11)19/h2-6,9H,7-8H2,1H3,(H,17,20). The molecule has 0 saturated carbocycles. The SMILES string of the molecule is COc1ccc(NC(=O)C2=CC=CN3CCS(=O)(=O)N=C23)cc1Cl. The average molecular weight is 368 g/mol. The Morgan fingerprint density at radius 1 is 1.42 bits per heavy atom. The molecule has 0 spiro atoms. The number of methoxy groups -OCH3 is 1. The Morgan fingerprint density at radius 3 is 2.92 bits per heavy atom. The van der Waals surface area contributed by atoms with Gasteiger partial charge in [-0.05, 0) is 30.4 Å². The number of amides is 1. The summed E-state index contributed by atoms with van der Waals surface area (Å²) in [5.41, 5.74) is 0.639. The Hall–Kier alpha value is -2.32. The first-order chi connectivity index (χ1) is 11.4. The van der Waals surface area contributed by atoms with Crippen LogP contribution in [0.3, 0.4) is 0 Å². The fourth-order valence-electron chi connectivity index (χ4n) is 2.34. The highest BCUT2D eigenvalue weighted by atomic mass is 35.5. The summed E-state index contributed by atoms with van der Waals surface area (Å²) in [4.78, 5) is 14.1. The van der Waals surface area contributed by atoms with Gasteiger partial charge in [0.2, 0.25) is 0 Å². The number of carbonyl (C=O) groups is 1. The van der Waals surface area contributed by atoms with Gasteiger partial charge >= 0.3 is 0 Å². The van der Waals surface area contributed by atoms with Gasteiger partial charge in [0.15, 0.2) is 5.84 Å². The molecule has 0 atom stereocenters. The van der Waals surface area contributed by atoms with E-state index in [1.54, 1.807) is 35.4 Å². The van der Waals surface area contributed by atoms with Crippen LogP contribution in [-0.4, -0.2) is 44.5 Å². The lowest BCUT2D eigenvalue weighted by Gasteiger charge is -2.28. The van der Waals surface area contributed by atoms with Gasteiger partial charge in [0.1, 0.15) is 5.75 Å². The van der Waals surface area contributed by atoms with Crippen LogP contribution < -0.4 is 10.1 Å². The van der Waals surface area contributed by atoms with Crippen molar-refractivity contribution in [1.82, 2.24) is 4.90 Å². The van der Waals surface area contributed by atoms with Crippen molar-refractivity contribution in [3.8, 4) is 5.75 Å². The van der Waals surface area contributed by atoms with Crippen molar-refractivity contribution in [2.75, 3.05) is 24.7 Å². The minimum absolute atomic E-state index is 0.0795. The molecule has 0 unspecified atom stereocenters. The molecule has 7 nitrogen and oxygen atoms in total. The zero-order chi connectivity index (χ0) is 17.3. The number of nitrogens with one attached hydrogen (secondary N) is 1. The Bertz CT molecular complexity index is 890. The molecule has 126 valence electrons. The maximum atomic E-state index is 12.5. The summed E-state index contributed by atoms with van der Waals surface area (Å²) in [5, 5.41) is 3.03. The Balaban J connectivity index is 1.87. The summed E-state index contributed by atoms with van der Waals surface area (Å²) in [6.07, 6.45) is 4.89. The molecule has 0 aliphatic carbocycles. The van der Waals surface area contributed by atoms with Gasteiger partial charge in [0.25, 0.3) is 15.9 Å². The van der Waals surface area contributed by atoms with Crippen LogP contribution >= 0.6 is 11.6 Å². The maximum Gasteiger partial charge on any atom is 0.259 e. The van der Waals surface area contributed by atoms with Crippen molar-refractivity contribution in [1.29, 1.82) is 0 Å². The minimum atomic E-state index is -3.55. The summed E-state index contributed by atoms with van der Waals surface area (Å²) < 4.78 is 32.2. The fourth-order valence-corrected chi connectivity index (χ4v) is 3.58. The van der Waals surface area contributed by atoms with Crippen LogP contribution in [0.25, 0.3) is 0 Å². The first-order valence-electron chi connectivity index (χ1n) is 7.03. The predicted molar refractivity (Wildman–Crippen MR) is 91.8 cm³/mol. The number of rotatable bonds is 3. The highest BCUT2D eigenvalue weighted by molar-refractivity contribution is 7.90. The molecule has 9 heteroatoms. The molecule has 24 heavy (non-hydrogen) atoms. The number of carbonyl (C=O) groups excluding carboxylic acids is 1. The molecule has 1 N–H and O–H groups in total. The molecule has 0 aromatic heterocycles. The van der Waals surface area contributed by atoms with Crippen molar-refractivity contribution < 1.29 is 17.9 Å². The highest BCUT2D eigenvalue weighted by Gasteiger charge is 2.29. The van der Waals surface area contributed by atoms with Gasteiger partial charge in [-0.1, -0.05) is 11.6 Å². The first kappa shape index (κ1) is 16.5. The first-order valence-corrected chi connectivity index (χ1v) is 9.01. The molecule has 2 aliphatic heterocycles. The topological polar surface area (TPSA) is 88.1 Å². The number of sulfonamides is 1. The number of anilines is 1. The molecule has 0 saturated heterocycles. The second kappa shape index (κ2) is 6.29. The van der Waals surface area contributed by atoms with Gasteiger partial charge in [-0.25, -0.2) is 8.42 Å². The van der Waals surface area contributed by atoms with E-state index in [1.165, 1.54) is 13.2 Å². The lowest BCUT2D eigenvalue weighted by atomic mass is 10.1. The molecule has 2 aliphatic rings. The van der Waals surface area contributed by atoms with E-state index < -0.39 is 15.9 Å². The number of nitrogens with zero attached hydrogens (tertiary/aromatic N) is 2. The Labute approximate surface area is 144 Å². The van der Waals surface area contributed by atoms with Crippen molar-refractivity contribution >= 4 is 39.1 Å². The summed E-state index contributed by atoms with van der Waals surface area (Å²) >= 11 is 6.03. The third-order valence-corrected chi connectivity index (χ3v) is 4.96. The van der Waals surface area contributed by atoms with E-state index in [4.69, 9.17) is 16.3 Å². The molecule has 1 aromatic carbocycles. The molecule has 3 rings (SSSR count). The largest absolute Gasteiger partial charge is 0.495 e. The van der Waals surface area contributed by atoms with Gasteiger partial charge in [0, 0.05) is 18.4 Å². The monoisotopic (exact) mass is 367 g/mol. The van der Waals surface area contributed by atoms with Crippen LogP contribution in [0, 0.1) is 0 Å². The zero-order valence-electron chi connectivity index (χ0n) is 12.7. The van der Waals surface area contributed by atoms with Crippen LogP contribution in [0.15, 0.2) is 46.5 Å². The van der Waals surface area contributed by atoms with Crippen LogP contribution in [0.2, 0.25) is 5.02 Å². The fraction of sp³-hybridized carbons (Fsp3) is 0.200. The second-order valence-corrected chi connectivity index (χ2v) is 7.28. The van der Waals surface area contributed by atoms with Gasteiger partial charge in [-0.2, -0.15) is 0 Å². The van der Waals surface area contributed by atoms with E-state index in [0.717, 1.165) is 0 Å². The molecule has 1 aromatic rings. The number of benzene rings is 1. The number of fused-ring (bicyclic) bond motifs is 1. The summed E-state index contributed by atoms with van der Waals surface area (Å²) in [7, 11) is -2.06. The molecular formula is C15H14ClN3O4S. The van der Waals surface area contributed by atoms with Gasteiger partial charge in [-0.15, -0.1) is 4.40 Å². The molecular weight excluding hydrogens is 354 g/mol. The summed E-state index contributed by atoms with van der Waals surface area (Å²) in [5.74, 6) is 0.0646. The quantitative estimate of drug-likeness (QED) is 0.879. The van der Waals surface area contributed by atoms with Crippen molar-refractivity contribution in [3.63, 3.8) is 0 Å². The summed E-state index contributed by atoms with van der Waals surface area (Å²) in [6.45, 7) is 0.261. The van der Waals surface area contributed by atoms with E-state index in [9.17, 15) is 13.2 Å². The molecule has 0 fully saturated rings. The van der Waals surface area contributed by atoms with Gasteiger partial charge in [0.05, 0.1) is 23.5 Å². The number of hydrogen-bond donors (Lipinski definition) is 1. The number of allylic oxidation sites excluding steroid dienone is 2. The number of ether oxygens (including phenoxy) is 1. The van der Waals surface area contributed by atoms with Crippen molar-refractivity contribution in [3.05, 3.63) is 47.1 Å². The third kappa shape index (κ3) is 3.29. The number of amidine groups is 1. The summed E-state index contributed by atoms with van der Waals surface area (Å²) in [6, 6.07) is 4.82. The normalized spacial score (nSPS) is 18.3. The van der Waals surface area contributed by atoms with Gasteiger partial charge < -0.3 is 15.0 Å². The smallest absolute Gasteiger partial charge is 0.259 e.